The van der Waals surface area contributed by atoms with Crippen molar-refractivity contribution in [2.75, 3.05) is 12.3 Å². The number of benzene rings is 1. The van der Waals surface area contributed by atoms with Crippen LogP contribution in [0.2, 0.25) is 5.02 Å². The highest BCUT2D eigenvalue weighted by Crippen LogP contribution is 2.12. The van der Waals surface area contributed by atoms with Crippen LogP contribution in [0.15, 0.2) is 24.3 Å². The number of halogens is 1. The first-order valence-corrected chi connectivity index (χ1v) is 6.38. The van der Waals surface area contributed by atoms with Gasteiger partial charge in [0, 0.05) is 27.3 Å². The molecule has 1 aromatic rings. The van der Waals surface area contributed by atoms with Gasteiger partial charge in [0.1, 0.15) is 0 Å². The van der Waals surface area contributed by atoms with Gasteiger partial charge >= 0.3 is 0 Å². The second kappa shape index (κ2) is 6.17. The van der Waals surface area contributed by atoms with Gasteiger partial charge in [-0.15, -0.1) is 0 Å². The van der Waals surface area contributed by atoms with E-state index in [2.05, 4.69) is 0 Å². The predicted molar refractivity (Wildman–Crippen MR) is 61.8 cm³/mol. The number of hydrogen-bond acceptors (Lipinski definition) is 2. The van der Waals surface area contributed by atoms with E-state index in [1.165, 1.54) is 0 Å². The molecule has 78 valence electrons. The molecule has 1 aromatic carbocycles. The van der Waals surface area contributed by atoms with Crippen LogP contribution in [0.3, 0.4) is 0 Å². The second-order valence-electron chi connectivity index (χ2n) is 3.06. The molecule has 0 bridgehead atoms. The Kier molecular flexibility index (Phi) is 5.15. The zero-order valence-corrected chi connectivity index (χ0v) is 9.48. The van der Waals surface area contributed by atoms with Crippen molar-refractivity contribution in [3.63, 3.8) is 0 Å². The minimum Gasteiger partial charge on any atom is -0.330 e. The Morgan fingerprint density at radius 3 is 2.86 bits per heavy atom. The summed E-state index contributed by atoms with van der Waals surface area (Å²) in [5.41, 5.74) is 6.36. The van der Waals surface area contributed by atoms with Crippen LogP contribution in [0, 0.1) is 0 Å². The van der Waals surface area contributed by atoms with Crippen LogP contribution in [-0.2, 0) is 16.6 Å². The first-order valence-electron chi connectivity index (χ1n) is 4.52. The van der Waals surface area contributed by atoms with Crippen molar-refractivity contribution in [1.82, 2.24) is 0 Å². The summed E-state index contributed by atoms with van der Waals surface area (Å²) < 4.78 is 11.5. The van der Waals surface area contributed by atoms with Crippen molar-refractivity contribution < 1.29 is 4.21 Å². The molecule has 2 nitrogen and oxygen atoms in total. The Bertz CT molecular complexity index is 317. The van der Waals surface area contributed by atoms with E-state index in [0.717, 1.165) is 12.0 Å². The topological polar surface area (TPSA) is 43.1 Å². The summed E-state index contributed by atoms with van der Waals surface area (Å²) in [7, 11) is -0.818. The smallest absolute Gasteiger partial charge is 0.0486 e. The maximum atomic E-state index is 11.5. The van der Waals surface area contributed by atoms with Crippen LogP contribution < -0.4 is 5.73 Å². The number of rotatable bonds is 5. The van der Waals surface area contributed by atoms with E-state index in [1.54, 1.807) is 0 Å². The monoisotopic (exact) mass is 231 g/mol. The third-order valence-corrected chi connectivity index (χ3v) is 3.43. The molecule has 0 aliphatic rings. The Hall–Kier alpha value is -0.380. The normalized spacial score (nSPS) is 12.7. The summed E-state index contributed by atoms with van der Waals surface area (Å²) in [6, 6.07) is 7.47. The minimum atomic E-state index is -0.818. The van der Waals surface area contributed by atoms with Crippen molar-refractivity contribution in [3.05, 3.63) is 34.9 Å². The highest BCUT2D eigenvalue weighted by molar-refractivity contribution is 7.84. The van der Waals surface area contributed by atoms with Crippen molar-refractivity contribution >= 4 is 22.4 Å². The van der Waals surface area contributed by atoms with Crippen LogP contribution >= 0.6 is 11.6 Å². The molecular formula is C10H14ClNOS. The molecule has 0 aromatic heterocycles. The molecule has 0 heterocycles. The Balaban J connectivity index is 2.47. The average molecular weight is 232 g/mol. The van der Waals surface area contributed by atoms with E-state index < -0.39 is 10.8 Å². The molecule has 1 rings (SSSR count). The van der Waals surface area contributed by atoms with E-state index >= 15 is 0 Å². The molecule has 1 unspecified atom stereocenters. The molecule has 0 amide bonds. The molecule has 1 atom stereocenters. The molecule has 0 saturated carbocycles. The zero-order chi connectivity index (χ0) is 10.4. The van der Waals surface area contributed by atoms with Gasteiger partial charge in [-0.1, -0.05) is 23.7 Å². The van der Waals surface area contributed by atoms with Gasteiger partial charge in [-0.3, -0.25) is 4.21 Å². The molecule has 0 aliphatic heterocycles. The quantitative estimate of drug-likeness (QED) is 0.842. The van der Waals surface area contributed by atoms with Crippen LogP contribution in [0.5, 0.6) is 0 Å². The van der Waals surface area contributed by atoms with Crippen LogP contribution in [0.4, 0.5) is 0 Å². The molecule has 14 heavy (non-hydrogen) atoms. The SMILES string of the molecule is NCCCS(=O)Cc1cccc(Cl)c1. The summed E-state index contributed by atoms with van der Waals surface area (Å²) in [6.45, 7) is 0.598. The summed E-state index contributed by atoms with van der Waals surface area (Å²) in [5.74, 6) is 1.24. The summed E-state index contributed by atoms with van der Waals surface area (Å²) in [5, 5.41) is 0.693. The molecular weight excluding hydrogens is 218 g/mol. The molecule has 0 spiro atoms. The maximum Gasteiger partial charge on any atom is 0.0486 e. The Morgan fingerprint density at radius 2 is 2.21 bits per heavy atom. The van der Waals surface area contributed by atoms with Crippen LogP contribution in [-0.4, -0.2) is 16.5 Å². The largest absolute Gasteiger partial charge is 0.330 e. The van der Waals surface area contributed by atoms with Gasteiger partial charge in [0.15, 0.2) is 0 Å². The van der Waals surface area contributed by atoms with Crippen molar-refractivity contribution in [3.8, 4) is 0 Å². The van der Waals surface area contributed by atoms with E-state index in [1.807, 2.05) is 24.3 Å². The van der Waals surface area contributed by atoms with Gasteiger partial charge in [0.25, 0.3) is 0 Å². The first kappa shape index (κ1) is 11.7. The van der Waals surface area contributed by atoms with Gasteiger partial charge < -0.3 is 5.73 Å². The summed E-state index contributed by atoms with van der Waals surface area (Å²) in [6.07, 6.45) is 0.813. The van der Waals surface area contributed by atoms with Gasteiger partial charge in [-0.05, 0) is 30.7 Å². The number of hydrogen-bond donors (Lipinski definition) is 1. The standard InChI is InChI=1S/C10H14ClNOS/c11-10-4-1-3-9(7-10)8-14(13)6-2-5-12/h1,3-4,7H,2,5-6,8,12H2. The summed E-state index contributed by atoms with van der Waals surface area (Å²) >= 11 is 5.81. The second-order valence-corrected chi connectivity index (χ2v) is 5.07. The zero-order valence-electron chi connectivity index (χ0n) is 7.91. The highest BCUT2D eigenvalue weighted by Gasteiger charge is 2.01. The lowest BCUT2D eigenvalue weighted by Gasteiger charge is -2.01. The number of nitrogens with two attached hydrogens (primary N) is 1. The van der Waals surface area contributed by atoms with Crippen molar-refractivity contribution in [1.29, 1.82) is 0 Å². The van der Waals surface area contributed by atoms with Crippen molar-refractivity contribution in [2.45, 2.75) is 12.2 Å². The van der Waals surface area contributed by atoms with E-state index in [4.69, 9.17) is 17.3 Å². The lowest BCUT2D eigenvalue weighted by molar-refractivity contribution is 0.680. The third kappa shape index (κ3) is 4.22. The molecule has 0 aliphatic carbocycles. The van der Waals surface area contributed by atoms with Gasteiger partial charge in [0.05, 0.1) is 0 Å². The fourth-order valence-corrected chi connectivity index (χ4v) is 2.53. The van der Waals surface area contributed by atoms with Gasteiger partial charge in [0.2, 0.25) is 0 Å². The molecule has 2 N–H and O–H groups in total. The van der Waals surface area contributed by atoms with E-state index in [9.17, 15) is 4.21 Å². The Labute approximate surface area is 91.9 Å². The first-order chi connectivity index (χ1) is 6.72. The fourth-order valence-electron chi connectivity index (χ4n) is 1.13. The Morgan fingerprint density at radius 1 is 1.43 bits per heavy atom. The predicted octanol–water partition coefficient (Wildman–Crippen LogP) is 1.94. The minimum absolute atomic E-state index is 0.570. The van der Waals surface area contributed by atoms with E-state index in [0.29, 0.717) is 23.1 Å². The van der Waals surface area contributed by atoms with E-state index in [-0.39, 0.29) is 0 Å². The van der Waals surface area contributed by atoms with Gasteiger partial charge in [-0.25, -0.2) is 0 Å². The fraction of sp³-hybridized carbons (Fsp3) is 0.400. The van der Waals surface area contributed by atoms with Crippen LogP contribution in [0.1, 0.15) is 12.0 Å². The third-order valence-electron chi connectivity index (χ3n) is 1.79. The molecule has 4 heteroatoms. The maximum absolute atomic E-state index is 11.5. The van der Waals surface area contributed by atoms with Gasteiger partial charge in [-0.2, -0.15) is 0 Å². The lowest BCUT2D eigenvalue weighted by Crippen LogP contribution is -2.07. The average Bonchev–Trinajstić information content (AvgIpc) is 2.15. The lowest BCUT2D eigenvalue weighted by atomic mass is 10.2. The van der Waals surface area contributed by atoms with Crippen LogP contribution in [0.25, 0.3) is 0 Å². The summed E-state index contributed by atoms with van der Waals surface area (Å²) in [4.78, 5) is 0. The highest BCUT2D eigenvalue weighted by atomic mass is 35.5. The van der Waals surface area contributed by atoms with Crippen molar-refractivity contribution in [2.24, 2.45) is 5.73 Å². The molecule has 0 saturated heterocycles. The molecule has 0 fully saturated rings. The molecule has 0 radical (unpaired) electrons.